The van der Waals surface area contributed by atoms with Crippen LogP contribution in [0.2, 0.25) is 0 Å². The maximum absolute atomic E-state index is 13.0. The number of aromatic nitrogens is 2. The van der Waals surface area contributed by atoms with E-state index in [0.717, 1.165) is 40.3 Å². The number of hydrogen-bond donors (Lipinski definition) is 0. The molecule has 9 nitrogen and oxygen atoms in total. The fourth-order valence-electron chi connectivity index (χ4n) is 2.99. The minimum absolute atomic E-state index is 0.00184. The van der Waals surface area contributed by atoms with E-state index in [1.165, 1.54) is 26.1 Å². The van der Waals surface area contributed by atoms with Crippen LogP contribution in [-0.4, -0.2) is 57.1 Å². The van der Waals surface area contributed by atoms with Gasteiger partial charge in [-0.1, -0.05) is 0 Å². The zero-order chi connectivity index (χ0) is 24.1. The Morgan fingerprint density at radius 3 is 2.25 bits per heavy atom. The van der Waals surface area contributed by atoms with E-state index in [0.29, 0.717) is 0 Å². The Labute approximate surface area is 184 Å². The van der Waals surface area contributed by atoms with Crippen LogP contribution in [0.5, 0.6) is 0 Å². The van der Waals surface area contributed by atoms with Crippen molar-refractivity contribution in [2.75, 3.05) is 11.2 Å². The number of anilines is 1. The van der Waals surface area contributed by atoms with Crippen LogP contribution < -0.4 is 4.90 Å². The molecule has 0 radical (unpaired) electrons. The molecule has 1 fully saturated rings. The lowest BCUT2D eigenvalue weighted by atomic mass is 10.0. The van der Waals surface area contributed by atoms with Crippen molar-refractivity contribution >= 4 is 38.6 Å². The number of sulfone groups is 1. The van der Waals surface area contributed by atoms with Crippen LogP contribution in [0.15, 0.2) is 46.6 Å². The van der Waals surface area contributed by atoms with E-state index >= 15 is 0 Å². The third kappa shape index (κ3) is 4.42. The van der Waals surface area contributed by atoms with Gasteiger partial charge in [-0.2, -0.15) is 0 Å². The molecule has 0 spiro atoms. The van der Waals surface area contributed by atoms with Gasteiger partial charge in [-0.05, 0) is 44.2 Å². The minimum Gasteiger partial charge on any atom is -0.604 e. The highest BCUT2D eigenvalue weighted by Gasteiger charge is 2.52. The van der Waals surface area contributed by atoms with Crippen LogP contribution in [0.25, 0.3) is 0 Å². The van der Waals surface area contributed by atoms with Gasteiger partial charge in [0.25, 0.3) is 5.91 Å². The third-order valence-corrected chi connectivity index (χ3v) is 6.67. The highest BCUT2D eigenvalue weighted by Crippen LogP contribution is 2.35. The van der Waals surface area contributed by atoms with Gasteiger partial charge in [-0.3, -0.25) is 4.79 Å². The summed E-state index contributed by atoms with van der Waals surface area (Å²) in [6, 6.07) is 4.67. The maximum atomic E-state index is 13.0. The number of hydrogen-bond acceptors (Lipinski definition) is 7. The summed E-state index contributed by atoms with van der Waals surface area (Å²) in [5.74, 6) is -0.649. The third-order valence-electron chi connectivity index (χ3n) is 4.69. The quantitative estimate of drug-likeness (QED) is 0.358. The van der Waals surface area contributed by atoms with Crippen molar-refractivity contribution in [3.63, 3.8) is 0 Å². The molecule has 2 aromatic rings. The molecule has 1 saturated heterocycles. The number of nitrogens with zero attached hydrogens (tertiary/aromatic N) is 4. The predicted octanol–water partition coefficient (Wildman–Crippen LogP) is 2.25. The Hall–Kier alpha value is -2.71. The number of benzene rings is 1. The Bertz CT molecular complexity index is 1170. The van der Waals surface area contributed by atoms with E-state index in [2.05, 4.69) is 9.97 Å². The lowest BCUT2D eigenvalue weighted by Gasteiger charge is -2.27. The lowest BCUT2D eigenvalue weighted by molar-refractivity contribution is -0.123. The van der Waals surface area contributed by atoms with E-state index in [4.69, 9.17) is 0 Å². The van der Waals surface area contributed by atoms with Crippen LogP contribution >= 0.6 is 0 Å². The van der Waals surface area contributed by atoms with Crippen LogP contribution in [0.3, 0.4) is 0 Å². The summed E-state index contributed by atoms with van der Waals surface area (Å²) in [4.78, 5) is 35.0. The van der Waals surface area contributed by atoms with Crippen molar-refractivity contribution in [1.82, 2.24) is 14.9 Å². The average molecular weight is 490 g/mol. The van der Waals surface area contributed by atoms with Crippen molar-refractivity contribution in [2.24, 2.45) is 0 Å². The Kier molecular flexibility index (Phi) is 5.99. The van der Waals surface area contributed by atoms with E-state index in [1.54, 1.807) is 0 Å². The normalized spacial score (nSPS) is 17.7. The molecule has 1 aromatic carbocycles. The summed E-state index contributed by atoms with van der Waals surface area (Å²) < 4.78 is 72.8. The molecular formula is C18H17F3N4O5S2. The maximum Gasteiger partial charge on any atom is 0.578 e. The summed E-state index contributed by atoms with van der Waals surface area (Å²) in [6.07, 6.45) is 2.14. The molecule has 1 atom stereocenters. The standard InChI is InChI=1S/C18H17F3N4O5S2/c1-17(2)14(26)25(12-4-6-13(7-5-12)31(28)18(19,20)21)16(27)24(17)10-11-8-9-22-15(23-11)32(3,29)30/h4-9H,10H2,1-3H3. The van der Waals surface area contributed by atoms with Crippen LogP contribution in [0, 0.1) is 0 Å². The van der Waals surface area contributed by atoms with Gasteiger partial charge < -0.3 is 9.45 Å². The van der Waals surface area contributed by atoms with Crippen molar-refractivity contribution in [3.8, 4) is 0 Å². The van der Waals surface area contributed by atoms with Gasteiger partial charge in [0.15, 0.2) is 4.90 Å². The molecule has 1 unspecified atom stereocenters. The first kappa shape index (κ1) is 23.9. The molecule has 1 aliphatic heterocycles. The fraction of sp³-hybridized carbons (Fsp3) is 0.333. The Morgan fingerprint density at radius 2 is 1.72 bits per heavy atom. The van der Waals surface area contributed by atoms with Gasteiger partial charge in [0, 0.05) is 12.5 Å². The minimum atomic E-state index is -4.94. The lowest BCUT2D eigenvalue weighted by Crippen LogP contribution is -2.43. The Balaban J connectivity index is 1.90. The van der Waals surface area contributed by atoms with Crippen molar-refractivity contribution in [1.29, 1.82) is 0 Å². The van der Waals surface area contributed by atoms with Crippen molar-refractivity contribution < 1.29 is 35.7 Å². The van der Waals surface area contributed by atoms with Gasteiger partial charge >= 0.3 is 11.5 Å². The largest absolute Gasteiger partial charge is 0.604 e. The van der Waals surface area contributed by atoms with Crippen molar-refractivity contribution in [2.45, 2.75) is 41.5 Å². The SMILES string of the molecule is CC1(C)C(=O)N(c2ccc([S+]([O-])C(F)(F)F)cc2)C(=O)N1Cc1ccnc(S(C)(=O)=O)n1. The molecule has 2 heterocycles. The number of alkyl halides is 3. The van der Waals surface area contributed by atoms with Gasteiger partial charge in [0.2, 0.25) is 15.0 Å². The highest BCUT2D eigenvalue weighted by atomic mass is 32.2. The monoisotopic (exact) mass is 490 g/mol. The topological polar surface area (TPSA) is 124 Å². The number of halogens is 3. The van der Waals surface area contributed by atoms with Gasteiger partial charge in [0.1, 0.15) is 5.54 Å². The second kappa shape index (κ2) is 8.01. The molecule has 1 aromatic heterocycles. The summed E-state index contributed by atoms with van der Waals surface area (Å²) >= 11 is -3.25. The highest BCUT2D eigenvalue weighted by molar-refractivity contribution is 7.92. The summed E-state index contributed by atoms with van der Waals surface area (Å²) in [5, 5.41) is -0.434. The summed E-state index contributed by atoms with van der Waals surface area (Å²) in [5.41, 5.74) is -6.13. The van der Waals surface area contributed by atoms with Gasteiger partial charge in [-0.25, -0.2) is 28.1 Å². The fourth-order valence-corrected chi connectivity index (χ4v) is 4.17. The molecule has 32 heavy (non-hydrogen) atoms. The van der Waals surface area contributed by atoms with Crippen LogP contribution in [-0.2, 0) is 32.4 Å². The molecule has 0 saturated carbocycles. The molecule has 3 amide bonds. The molecule has 3 rings (SSSR count). The number of carbonyl (C=O) groups is 2. The first-order valence-corrected chi connectivity index (χ1v) is 11.9. The number of urea groups is 1. The van der Waals surface area contributed by atoms with Gasteiger partial charge in [0.05, 0.1) is 29.1 Å². The number of amides is 3. The molecule has 0 aliphatic carbocycles. The van der Waals surface area contributed by atoms with Crippen molar-refractivity contribution in [3.05, 3.63) is 42.2 Å². The molecule has 172 valence electrons. The Morgan fingerprint density at radius 1 is 1.12 bits per heavy atom. The molecule has 1 aliphatic rings. The zero-order valence-electron chi connectivity index (χ0n) is 17.0. The van der Waals surface area contributed by atoms with Crippen LogP contribution in [0.1, 0.15) is 19.5 Å². The summed E-state index contributed by atoms with van der Waals surface area (Å²) in [6.45, 7) is 2.73. The molecule has 0 bridgehead atoms. The van der Waals surface area contributed by atoms with Crippen LogP contribution in [0.4, 0.5) is 23.7 Å². The van der Waals surface area contributed by atoms with E-state index in [-0.39, 0.29) is 17.9 Å². The predicted molar refractivity (Wildman–Crippen MR) is 107 cm³/mol. The molecular weight excluding hydrogens is 473 g/mol. The molecule has 0 N–H and O–H groups in total. The number of carbonyl (C=O) groups excluding carboxylic acids is 2. The number of imide groups is 1. The first-order valence-electron chi connectivity index (χ1n) is 8.91. The first-order chi connectivity index (χ1) is 14.6. The van der Waals surface area contributed by atoms with E-state index < -0.39 is 54.1 Å². The summed E-state index contributed by atoms with van der Waals surface area (Å²) in [7, 11) is -3.70. The zero-order valence-corrected chi connectivity index (χ0v) is 18.6. The average Bonchev–Trinajstić information content (AvgIpc) is 2.86. The van der Waals surface area contributed by atoms with Gasteiger partial charge in [-0.15, -0.1) is 13.2 Å². The second-order valence-corrected chi connectivity index (χ2v) is 10.8. The molecule has 14 heteroatoms. The van der Waals surface area contributed by atoms with E-state index in [9.17, 15) is 35.7 Å². The smallest absolute Gasteiger partial charge is 0.578 e. The van der Waals surface area contributed by atoms with E-state index in [1.807, 2.05) is 0 Å². The second-order valence-electron chi connectivity index (χ2n) is 7.38. The number of rotatable bonds is 5.